The number of methoxy groups -OCH3 is 1. The highest BCUT2D eigenvalue weighted by molar-refractivity contribution is 5.98. The zero-order valence-corrected chi connectivity index (χ0v) is 12.3. The van der Waals surface area contributed by atoms with Crippen LogP contribution in [-0.2, 0) is 9.53 Å². The quantitative estimate of drug-likeness (QED) is 0.808. The van der Waals surface area contributed by atoms with E-state index in [-0.39, 0.29) is 17.6 Å². The number of rotatable bonds is 5. The molecule has 5 nitrogen and oxygen atoms in total. The summed E-state index contributed by atoms with van der Waals surface area (Å²) in [5.74, 6) is -0.451. The second kappa shape index (κ2) is 6.93. The molecule has 0 radical (unpaired) electrons. The van der Waals surface area contributed by atoms with Crippen molar-refractivity contribution in [3.05, 3.63) is 29.3 Å². The van der Waals surface area contributed by atoms with Crippen LogP contribution in [0.4, 0.5) is 0 Å². The summed E-state index contributed by atoms with van der Waals surface area (Å²) in [6, 6.07) is 3.81. The summed E-state index contributed by atoms with van der Waals surface area (Å²) in [5, 5.41) is 12.0. The summed E-state index contributed by atoms with van der Waals surface area (Å²) in [6.45, 7) is 5.66. The number of ether oxygens (including phenoxy) is 1. The van der Waals surface area contributed by atoms with Gasteiger partial charge in [-0.25, -0.2) is 4.79 Å². The van der Waals surface area contributed by atoms with E-state index in [4.69, 9.17) is 4.74 Å². The minimum Gasteiger partial charge on any atom is -0.508 e. The predicted octanol–water partition coefficient (Wildman–Crippen LogP) is 2.02. The number of carbonyl (C=O) groups is 2. The van der Waals surface area contributed by atoms with Gasteiger partial charge in [0.2, 0.25) is 0 Å². The first-order valence-electron chi connectivity index (χ1n) is 6.53. The van der Waals surface area contributed by atoms with Crippen LogP contribution >= 0.6 is 0 Å². The van der Waals surface area contributed by atoms with Gasteiger partial charge in [-0.2, -0.15) is 0 Å². The Morgan fingerprint density at radius 3 is 2.50 bits per heavy atom. The molecule has 0 fully saturated rings. The highest BCUT2D eigenvalue weighted by Crippen LogP contribution is 2.16. The number of hydrogen-bond acceptors (Lipinski definition) is 4. The second-order valence-electron chi connectivity index (χ2n) is 5.18. The SMILES string of the molecule is COC(=O)C(CC(C)C)NC(=O)c1ccc(O)cc1C. The Morgan fingerprint density at radius 2 is 2.00 bits per heavy atom. The van der Waals surface area contributed by atoms with Gasteiger partial charge < -0.3 is 15.2 Å². The number of phenols is 1. The molecular weight excluding hydrogens is 258 g/mol. The standard InChI is InChI=1S/C15H21NO4/c1-9(2)7-13(15(19)20-4)16-14(18)12-6-5-11(17)8-10(12)3/h5-6,8-9,13,17H,7H2,1-4H3,(H,16,18). The first-order chi connectivity index (χ1) is 9.35. The third kappa shape index (κ3) is 4.26. The number of phenolic OH excluding ortho intramolecular Hbond substituents is 1. The van der Waals surface area contributed by atoms with E-state index in [1.807, 2.05) is 13.8 Å². The van der Waals surface area contributed by atoms with Crippen LogP contribution in [-0.4, -0.2) is 30.1 Å². The maximum absolute atomic E-state index is 12.2. The molecule has 1 amide bonds. The smallest absolute Gasteiger partial charge is 0.328 e. The van der Waals surface area contributed by atoms with Crippen molar-refractivity contribution >= 4 is 11.9 Å². The molecule has 0 spiro atoms. The van der Waals surface area contributed by atoms with Crippen LogP contribution in [0.2, 0.25) is 0 Å². The predicted molar refractivity (Wildman–Crippen MR) is 75.6 cm³/mol. The number of carbonyl (C=O) groups excluding carboxylic acids is 2. The Labute approximate surface area is 118 Å². The number of aromatic hydroxyl groups is 1. The van der Waals surface area contributed by atoms with E-state index in [1.165, 1.54) is 25.3 Å². The number of esters is 1. The van der Waals surface area contributed by atoms with Crippen LogP contribution in [0.5, 0.6) is 5.75 Å². The molecule has 1 unspecified atom stereocenters. The third-order valence-corrected chi connectivity index (χ3v) is 2.95. The average Bonchev–Trinajstić information content (AvgIpc) is 2.36. The van der Waals surface area contributed by atoms with Gasteiger partial charge in [0.05, 0.1) is 7.11 Å². The van der Waals surface area contributed by atoms with E-state index in [1.54, 1.807) is 6.92 Å². The van der Waals surface area contributed by atoms with E-state index in [9.17, 15) is 14.7 Å². The lowest BCUT2D eigenvalue weighted by molar-refractivity contribution is -0.143. The molecule has 0 aliphatic heterocycles. The molecule has 0 saturated carbocycles. The summed E-state index contributed by atoms with van der Waals surface area (Å²) in [6.07, 6.45) is 0.509. The van der Waals surface area contributed by atoms with Crippen LogP contribution in [0, 0.1) is 12.8 Å². The highest BCUT2D eigenvalue weighted by Gasteiger charge is 2.23. The van der Waals surface area contributed by atoms with Crippen LogP contribution in [0.1, 0.15) is 36.2 Å². The number of hydrogen-bond donors (Lipinski definition) is 2. The molecule has 20 heavy (non-hydrogen) atoms. The Kier molecular flexibility index (Phi) is 5.55. The molecule has 110 valence electrons. The number of amides is 1. The van der Waals surface area contributed by atoms with Crippen molar-refractivity contribution in [1.82, 2.24) is 5.32 Å². The van der Waals surface area contributed by atoms with E-state index in [0.29, 0.717) is 17.5 Å². The molecule has 1 aromatic rings. The maximum Gasteiger partial charge on any atom is 0.328 e. The lowest BCUT2D eigenvalue weighted by Gasteiger charge is -2.18. The zero-order valence-electron chi connectivity index (χ0n) is 12.3. The van der Waals surface area contributed by atoms with E-state index in [2.05, 4.69) is 5.32 Å². The van der Waals surface area contributed by atoms with Crippen LogP contribution in [0.3, 0.4) is 0 Å². The summed E-state index contributed by atoms with van der Waals surface area (Å²) in [5.41, 5.74) is 1.08. The third-order valence-electron chi connectivity index (χ3n) is 2.95. The first kappa shape index (κ1) is 16.0. The normalized spacial score (nSPS) is 12.1. The van der Waals surface area contributed by atoms with Crippen LogP contribution in [0.25, 0.3) is 0 Å². The minimum absolute atomic E-state index is 0.103. The molecule has 0 bridgehead atoms. The van der Waals surface area contributed by atoms with Crippen LogP contribution in [0.15, 0.2) is 18.2 Å². The van der Waals surface area contributed by atoms with Gasteiger partial charge in [-0.15, -0.1) is 0 Å². The van der Waals surface area contributed by atoms with Gasteiger partial charge in [-0.05, 0) is 43.0 Å². The van der Waals surface area contributed by atoms with Crippen molar-refractivity contribution in [1.29, 1.82) is 0 Å². The molecule has 0 heterocycles. The van der Waals surface area contributed by atoms with Gasteiger partial charge in [0.1, 0.15) is 11.8 Å². The van der Waals surface area contributed by atoms with Gasteiger partial charge in [0, 0.05) is 5.56 Å². The lowest BCUT2D eigenvalue weighted by Crippen LogP contribution is -2.42. The minimum atomic E-state index is -0.666. The van der Waals surface area contributed by atoms with Crippen LogP contribution < -0.4 is 5.32 Å². The van der Waals surface area contributed by atoms with Crippen molar-refractivity contribution in [2.45, 2.75) is 33.2 Å². The lowest BCUT2D eigenvalue weighted by atomic mass is 10.0. The Morgan fingerprint density at radius 1 is 1.35 bits per heavy atom. The number of benzene rings is 1. The van der Waals surface area contributed by atoms with E-state index >= 15 is 0 Å². The average molecular weight is 279 g/mol. The summed E-state index contributed by atoms with van der Waals surface area (Å²) >= 11 is 0. The summed E-state index contributed by atoms with van der Waals surface area (Å²) < 4.78 is 4.71. The molecule has 0 saturated heterocycles. The summed E-state index contributed by atoms with van der Waals surface area (Å²) in [7, 11) is 1.30. The second-order valence-corrected chi connectivity index (χ2v) is 5.18. The van der Waals surface area contributed by atoms with Crippen molar-refractivity contribution in [2.75, 3.05) is 7.11 Å². The summed E-state index contributed by atoms with van der Waals surface area (Å²) in [4.78, 5) is 23.9. The molecular formula is C15H21NO4. The molecule has 2 N–H and O–H groups in total. The molecule has 1 aromatic carbocycles. The van der Waals surface area contributed by atoms with Gasteiger partial charge >= 0.3 is 5.97 Å². The Hall–Kier alpha value is -2.04. The van der Waals surface area contributed by atoms with Gasteiger partial charge in [0.15, 0.2) is 0 Å². The van der Waals surface area contributed by atoms with E-state index in [0.717, 1.165) is 0 Å². The largest absolute Gasteiger partial charge is 0.508 e. The molecule has 0 aliphatic carbocycles. The topological polar surface area (TPSA) is 75.6 Å². The first-order valence-corrected chi connectivity index (χ1v) is 6.53. The van der Waals surface area contributed by atoms with Crippen molar-refractivity contribution in [2.24, 2.45) is 5.92 Å². The molecule has 0 aliphatic rings. The van der Waals surface area contributed by atoms with Gasteiger partial charge in [0.25, 0.3) is 5.91 Å². The number of aryl methyl sites for hydroxylation is 1. The zero-order chi connectivity index (χ0) is 15.3. The fourth-order valence-corrected chi connectivity index (χ4v) is 1.97. The van der Waals surface area contributed by atoms with Crippen molar-refractivity contribution < 1.29 is 19.4 Å². The van der Waals surface area contributed by atoms with Gasteiger partial charge in [-0.1, -0.05) is 13.8 Å². The van der Waals surface area contributed by atoms with E-state index < -0.39 is 12.0 Å². The Balaban J connectivity index is 2.87. The fourth-order valence-electron chi connectivity index (χ4n) is 1.97. The Bertz CT molecular complexity index is 497. The molecule has 1 rings (SSSR count). The molecule has 0 aromatic heterocycles. The highest BCUT2D eigenvalue weighted by atomic mass is 16.5. The fraction of sp³-hybridized carbons (Fsp3) is 0.467. The van der Waals surface area contributed by atoms with Gasteiger partial charge in [-0.3, -0.25) is 4.79 Å². The maximum atomic E-state index is 12.2. The molecule has 1 atom stereocenters. The monoisotopic (exact) mass is 279 g/mol. The molecule has 5 heteroatoms. The van der Waals surface area contributed by atoms with Crippen molar-refractivity contribution in [3.63, 3.8) is 0 Å². The number of nitrogens with one attached hydrogen (secondary N) is 1. The van der Waals surface area contributed by atoms with Crippen molar-refractivity contribution in [3.8, 4) is 5.75 Å².